The zero-order chi connectivity index (χ0) is 11.4. The fourth-order valence-corrected chi connectivity index (χ4v) is 1.96. The third-order valence-corrected chi connectivity index (χ3v) is 2.65. The number of hydrogen-bond acceptors (Lipinski definition) is 4. The van der Waals surface area contributed by atoms with Crippen molar-refractivity contribution in [1.82, 2.24) is 9.97 Å². The Kier molecular flexibility index (Phi) is 3.26. The summed E-state index contributed by atoms with van der Waals surface area (Å²) in [4.78, 5) is 19.2. The van der Waals surface area contributed by atoms with Crippen LogP contribution in [0.3, 0.4) is 0 Å². The van der Waals surface area contributed by atoms with Crippen molar-refractivity contribution in [2.45, 2.75) is 10.1 Å². The Morgan fingerprint density at radius 3 is 2.62 bits per heavy atom. The second kappa shape index (κ2) is 4.85. The SMILES string of the molecule is O=Cc1cc(F)cc(Sc2ncccn2)c1. The van der Waals surface area contributed by atoms with Gasteiger partial charge in [-0.1, -0.05) is 0 Å². The van der Waals surface area contributed by atoms with Gasteiger partial charge in [0.1, 0.15) is 12.1 Å². The van der Waals surface area contributed by atoms with Crippen LogP contribution in [0.5, 0.6) is 0 Å². The topological polar surface area (TPSA) is 42.9 Å². The van der Waals surface area contributed by atoms with Crippen LogP contribution < -0.4 is 0 Å². The minimum atomic E-state index is -0.442. The number of carbonyl (C=O) groups excluding carboxylic acids is 1. The molecule has 16 heavy (non-hydrogen) atoms. The monoisotopic (exact) mass is 234 g/mol. The van der Waals surface area contributed by atoms with Crippen molar-refractivity contribution in [2.24, 2.45) is 0 Å². The van der Waals surface area contributed by atoms with E-state index in [1.807, 2.05) is 0 Å². The Balaban J connectivity index is 2.28. The molecule has 0 spiro atoms. The molecule has 80 valence electrons. The number of hydrogen-bond donors (Lipinski definition) is 0. The average Bonchev–Trinajstić information content (AvgIpc) is 2.29. The second-order valence-corrected chi connectivity index (χ2v) is 4.01. The minimum absolute atomic E-state index is 0.304. The molecule has 2 aromatic rings. The summed E-state index contributed by atoms with van der Waals surface area (Å²) in [6, 6.07) is 5.82. The minimum Gasteiger partial charge on any atom is -0.298 e. The maximum atomic E-state index is 13.1. The Bertz CT molecular complexity index is 505. The van der Waals surface area contributed by atoms with Crippen LogP contribution in [0.25, 0.3) is 0 Å². The largest absolute Gasteiger partial charge is 0.298 e. The number of halogens is 1. The van der Waals surface area contributed by atoms with Crippen LogP contribution in [-0.4, -0.2) is 16.3 Å². The van der Waals surface area contributed by atoms with Crippen LogP contribution in [-0.2, 0) is 0 Å². The highest BCUT2D eigenvalue weighted by atomic mass is 32.2. The van der Waals surface area contributed by atoms with Crippen LogP contribution in [0, 0.1) is 5.82 Å². The standard InChI is InChI=1S/C11H7FN2OS/c12-9-4-8(7-15)5-10(6-9)16-11-13-2-1-3-14-11/h1-7H. The van der Waals surface area contributed by atoms with Gasteiger partial charge in [-0.2, -0.15) is 0 Å². The molecule has 0 atom stereocenters. The van der Waals surface area contributed by atoms with Crippen molar-refractivity contribution in [3.05, 3.63) is 48.0 Å². The van der Waals surface area contributed by atoms with E-state index in [9.17, 15) is 9.18 Å². The molecule has 0 fully saturated rings. The van der Waals surface area contributed by atoms with Gasteiger partial charge >= 0.3 is 0 Å². The van der Waals surface area contributed by atoms with Gasteiger partial charge < -0.3 is 0 Å². The first-order chi connectivity index (χ1) is 7.78. The summed E-state index contributed by atoms with van der Waals surface area (Å²) in [7, 11) is 0. The Morgan fingerprint density at radius 1 is 1.19 bits per heavy atom. The highest BCUT2D eigenvalue weighted by molar-refractivity contribution is 7.99. The smallest absolute Gasteiger partial charge is 0.192 e. The van der Waals surface area contributed by atoms with Crippen LogP contribution in [0.1, 0.15) is 10.4 Å². The van der Waals surface area contributed by atoms with Crippen LogP contribution in [0.15, 0.2) is 46.7 Å². The third-order valence-electron chi connectivity index (χ3n) is 1.78. The molecule has 0 saturated carbocycles. The van der Waals surface area contributed by atoms with Crippen molar-refractivity contribution < 1.29 is 9.18 Å². The number of aromatic nitrogens is 2. The summed E-state index contributed by atoms with van der Waals surface area (Å²) in [5.41, 5.74) is 0.304. The predicted octanol–water partition coefficient (Wildman–Crippen LogP) is 2.58. The van der Waals surface area contributed by atoms with E-state index < -0.39 is 5.82 Å². The van der Waals surface area contributed by atoms with Gasteiger partial charge in [0, 0.05) is 22.9 Å². The molecule has 2 rings (SSSR count). The highest BCUT2D eigenvalue weighted by Crippen LogP contribution is 2.25. The van der Waals surface area contributed by atoms with E-state index in [0.717, 1.165) is 0 Å². The lowest BCUT2D eigenvalue weighted by Crippen LogP contribution is -1.87. The van der Waals surface area contributed by atoms with Crippen molar-refractivity contribution in [3.8, 4) is 0 Å². The number of rotatable bonds is 3. The van der Waals surface area contributed by atoms with Crippen LogP contribution >= 0.6 is 11.8 Å². The second-order valence-electron chi connectivity index (χ2n) is 2.97. The summed E-state index contributed by atoms with van der Waals surface area (Å²) in [5.74, 6) is -0.442. The molecule has 0 saturated heterocycles. The van der Waals surface area contributed by atoms with Crippen molar-refractivity contribution >= 4 is 18.0 Å². The molecule has 1 aromatic heterocycles. The molecule has 0 aliphatic heterocycles. The Labute approximate surface area is 95.7 Å². The lowest BCUT2D eigenvalue weighted by molar-refractivity contribution is 0.112. The maximum absolute atomic E-state index is 13.1. The molecular weight excluding hydrogens is 227 g/mol. The molecule has 0 aliphatic carbocycles. The average molecular weight is 234 g/mol. The summed E-state index contributed by atoms with van der Waals surface area (Å²) < 4.78 is 13.1. The van der Waals surface area contributed by atoms with Crippen LogP contribution in [0.4, 0.5) is 4.39 Å². The van der Waals surface area contributed by atoms with Crippen molar-refractivity contribution in [1.29, 1.82) is 0 Å². The molecule has 0 N–H and O–H groups in total. The third kappa shape index (κ3) is 2.64. The van der Waals surface area contributed by atoms with E-state index in [4.69, 9.17) is 0 Å². The number of aldehydes is 1. The number of carbonyl (C=O) groups is 1. The van der Waals surface area contributed by atoms with E-state index in [-0.39, 0.29) is 0 Å². The summed E-state index contributed by atoms with van der Waals surface area (Å²) in [6.07, 6.45) is 3.82. The summed E-state index contributed by atoms with van der Waals surface area (Å²) in [5, 5.41) is 0.518. The van der Waals surface area contributed by atoms with E-state index in [1.54, 1.807) is 24.5 Å². The first kappa shape index (κ1) is 10.8. The van der Waals surface area contributed by atoms with Gasteiger partial charge in [0.15, 0.2) is 5.16 Å². The lowest BCUT2D eigenvalue weighted by atomic mass is 10.2. The van der Waals surface area contributed by atoms with Gasteiger partial charge in [-0.05, 0) is 36.0 Å². The molecule has 0 amide bonds. The van der Waals surface area contributed by atoms with Gasteiger partial charge in [0.2, 0.25) is 0 Å². The maximum Gasteiger partial charge on any atom is 0.192 e. The fourth-order valence-electron chi connectivity index (χ4n) is 1.15. The number of benzene rings is 1. The summed E-state index contributed by atoms with van der Waals surface area (Å²) in [6.45, 7) is 0. The van der Waals surface area contributed by atoms with E-state index in [0.29, 0.717) is 21.9 Å². The highest BCUT2D eigenvalue weighted by Gasteiger charge is 2.03. The molecule has 0 aliphatic rings. The predicted molar refractivity (Wildman–Crippen MR) is 57.9 cm³/mol. The Hall–Kier alpha value is -1.75. The molecule has 1 heterocycles. The van der Waals surface area contributed by atoms with Gasteiger partial charge in [0.25, 0.3) is 0 Å². The fraction of sp³-hybridized carbons (Fsp3) is 0. The first-order valence-electron chi connectivity index (χ1n) is 4.48. The van der Waals surface area contributed by atoms with Crippen LogP contribution in [0.2, 0.25) is 0 Å². The molecule has 0 radical (unpaired) electrons. The van der Waals surface area contributed by atoms with Gasteiger partial charge in [-0.25, -0.2) is 14.4 Å². The normalized spacial score (nSPS) is 10.1. The van der Waals surface area contributed by atoms with Gasteiger partial charge in [0.05, 0.1) is 0 Å². The molecular formula is C11H7FN2OS. The van der Waals surface area contributed by atoms with Gasteiger partial charge in [-0.3, -0.25) is 4.79 Å². The molecule has 1 aromatic carbocycles. The number of nitrogens with zero attached hydrogens (tertiary/aromatic N) is 2. The zero-order valence-corrected chi connectivity index (χ0v) is 8.95. The first-order valence-corrected chi connectivity index (χ1v) is 5.30. The lowest BCUT2D eigenvalue weighted by Gasteiger charge is -2.00. The van der Waals surface area contributed by atoms with Crippen molar-refractivity contribution in [2.75, 3.05) is 0 Å². The Morgan fingerprint density at radius 2 is 1.94 bits per heavy atom. The van der Waals surface area contributed by atoms with E-state index >= 15 is 0 Å². The molecule has 0 bridgehead atoms. The molecule has 3 nitrogen and oxygen atoms in total. The van der Waals surface area contributed by atoms with E-state index in [2.05, 4.69) is 9.97 Å². The quantitative estimate of drug-likeness (QED) is 0.604. The van der Waals surface area contributed by atoms with E-state index in [1.165, 1.54) is 23.9 Å². The molecule has 5 heteroatoms. The molecule has 0 unspecified atom stereocenters. The summed E-state index contributed by atoms with van der Waals surface area (Å²) >= 11 is 1.21. The van der Waals surface area contributed by atoms with Crippen molar-refractivity contribution in [3.63, 3.8) is 0 Å². The zero-order valence-electron chi connectivity index (χ0n) is 8.13. The van der Waals surface area contributed by atoms with Gasteiger partial charge in [-0.15, -0.1) is 0 Å².